The first-order valence-electron chi connectivity index (χ1n) is 8.52. The van der Waals surface area contributed by atoms with Gasteiger partial charge in [-0.2, -0.15) is 9.78 Å². The Hall–Kier alpha value is -2.58. The first-order valence-corrected chi connectivity index (χ1v) is 9.69. The molecule has 2 aromatic carbocycles. The number of aromatic nitrogens is 2. The molecule has 1 aromatic heterocycles. The molecule has 3 rings (SSSR count). The van der Waals surface area contributed by atoms with E-state index in [9.17, 15) is 14.9 Å². The van der Waals surface area contributed by atoms with Crippen molar-refractivity contribution in [3.05, 3.63) is 77.7 Å². The smallest absolute Gasteiger partial charge is 0.267 e. The zero-order valence-electron chi connectivity index (χ0n) is 15.1. The fourth-order valence-corrected chi connectivity index (χ4v) is 3.20. The Balaban J connectivity index is 2.17. The molecule has 28 heavy (non-hydrogen) atoms. The molecule has 9 heteroatoms. The largest absolute Gasteiger partial charge is 0.288 e. The van der Waals surface area contributed by atoms with Crippen molar-refractivity contribution in [2.75, 3.05) is 0 Å². The molecule has 3 aromatic rings. The van der Waals surface area contributed by atoms with E-state index in [1.807, 2.05) is 19.9 Å². The summed E-state index contributed by atoms with van der Waals surface area (Å²) in [5.41, 5.74) is 0.520. The second-order valence-corrected chi connectivity index (χ2v) is 7.59. The van der Waals surface area contributed by atoms with E-state index in [2.05, 4.69) is 26.0 Å². The van der Waals surface area contributed by atoms with Gasteiger partial charge in [-0.1, -0.05) is 47.4 Å². The van der Waals surface area contributed by atoms with Crippen molar-refractivity contribution < 1.29 is 4.92 Å². The Morgan fingerprint density at radius 1 is 1.36 bits per heavy atom. The van der Waals surface area contributed by atoms with Gasteiger partial charge in [-0.3, -0.25) is 14.9 Å². The summed E-state index contributed by atoms with van der Waals surface area (Å²) in [5.74, 6) is 0.527. The number of hydrogen-bond acceptors (Lipinski definition) is 5. The van der Waals surface area contributed by atoms with E-state index < -0.39 is 4.92 Å². The highest BCUT2D eigenvalue weighted by atomic mass is 79.9. The minimum Gasteiger partial charge on any atom is -0.267 e. The van der Waals surface area contributed by atoms with Crippen LogP contribution in [-0.2, 0) is 0 Å². The van der Waals surface area contributed by atoms with Gasteiger partial charge < -0.3 is 0 Å². The molecule has 0 radical (unpaired) electrons. The van der Waals surface area contributed by atoms with Crippen LogP contribution in [0.3, 0.4) is 0 Å². The number of nitrogens with zero attached hydrogens (tertiary/aromatic N) is 4. The van der Waals surface area contributed by atoms with Crippen LogP contribution in [0, 0.1) is 10.1 Å². The van der Waals surface area contributed by atoms with Crippen molar-refractivity contribution in [2.45, 2.75) is 26.2 Å². The second-order valence-electron chi connectivity index (χ2n) is 6.27. The van der Waals surface area contributed by atoms with Gasteiger partial charge in [0, 0.05) is 22.0 Å². The van der Waals surface area contributed by atoms with Crippen LogP contribution in [0.2, 0.25) is 5.02 Å². The zero-order valence-corrected chi connectivity index (χ0v) is 17.4. The molecule has 1 heterocycles. The summed E-state index contributed by atoms with van der Waals surface area (Å²) in [5, 5.41) is 15.8. The van der Waals surface area contributed by atoms with Crippen LogP contribution >= 0.6 is 27.5 Å². The molecular formula is C19H16BrClN4O3. The Morgan fingerprint density at radius 2 is 2.11 bits per heavy atom. The third-order valence-electron chi connectivity index (χ3n) is 4.38. The van der Waals surface area contributed by atoms with Crippen molar-refractivity contribution in [1.29, 1.82) is 0 Å². The van der Waals surface area contributed by atoms with Crippen LogP contribution in [0.4, 0.5) is 5.69 Å². The molecule has 0 unspecified atom stereocenters. The molecule has 7 nitrogen and oxygen atoms in total. The molecule has 1 atom stereocenters. The number of fused-ring (bicyclic) bond motifs is 1. The van der Waals surface area contributed by atoms with Crippen molar-refractivity contribution >= 4 is 50.3 Å². The van der Waals surface area contributed by atoms with Crippen LogP contribution in [-0.4, -0.2) is 20.8 Å². The third kappa shape index (κ3) is 3.98. The Morgan fingerprint density at radius 3 is 2.79 bits per heavy atom. The summed E-state index contributed by atoms with van der Waals surface area (Å²) in [6, 6.07) is 9.64. The number of benzene rings is 2. The normalized spacial score (nSPS) is 12.6. The molecule has 0 saturated carbocycles. The fraction of sp³-hybridized carbons (Fsp3) is 0.211. The van der Waals surface area contributed by atoms with Gasteiger partial charge in [-0.15, -0.1) is 0 Å². The number of halogens is 2. The number of rotatable bonds is 5. The highest BCUT2D eigenvalue weighted by molar-refractivity contribution is 9.10. The number of nitro benzene ring substituents is 1. The summed E-state index contributed by atoms with van der Waals surface area (Å²) >= 11 is 9.21. The minimum absolute atomic E-state index is 0.00236. The average Bonchev–Trinajstić information content (AvgIpc) is 2.67. The van der Waals surface area contributed by atoms with Crippen LogP contribution in [0.5, 0.6) is 0 Å². The Bertz CT molecular complexity index is 1160. The summed E-state index contributed by atoms with van der Waals surface area (Å²) in [7, 11) is 0. The summed E-state index contributed by atoms with van der Waals surface area (Å²) in [6.07, 6.45) is 2.17. The summed E-state index contributed by atoms with van der Waals surface area (Å²) < 4.78 is 2.02. The molecular weight excluding hydrogens is 448 g/mol. The average molecular weight is 464 g/mol. The molecule has 0 spiro atoms. The molecule has 0 bridgehead atoms. The predicted molar refractivity (Wildman–Crippen MR) is 114 cm³/mol. The van der Waals surface area contributed by atoms with Gasteiger partial charge >= 0.3 is 0 Å². The highest BCUT2D eigenvalue weighted by Crippen LogP contribution is 2.25. The van der Waals surface area contributed by atoms with Gasteiger partial charge in [0.25, 0.3) is 11.2 Å². The maximum atomic E-state index is 13.0. The van der Waals surface area contributed by atoms with E-state index in [1.165, 1.54) is 23.0 Å². The standard InChI is InChI=1S/C19H16BrClN4O3/c1-3-11(2)18-23-16-7-5-13(20)9-14(16)19(26)24(18)22-10-12-4-6-15(21)17(8-12)25(27)28/h4-11H,3H2,1-2H3/t11-/m0/s1. The van der Waals surface area contributed by atoms with Gasteiger partial charge in [0.2, 0.25) is 0 Å². The molecule has 0 aliphatic carbocycles. The molecule has 0 aliphatic rings. The quantitative estimate of drug-likeness (QED) is 0.298. The van der Waals surface area contributed by atoms with E-state index in [-0.39, 0.29) is 22.2 Å². The molecule has 144 valence electrons. The summed E-state index contributed by atoms with van der Waals surface area (Å²) in [6.45, 7) is 3.96. The van der Waals surface area contributed by atoms with E-state index in [0.717, 1.165) is 10.9 Å². The van der Waals surface area contributed by atoms with Gasteiger partial charge in [-0.05, 0) is 30.7 Å². The van der Waals surface area contributed by atoms with Gasteiger partial charge in [0.05, 0.1) is 22.0 Å². The Kier molecular flexibility index (Phi) is 5.90. The van der Waals surface area contributed by atoms with Crippen molar-refractivity contribution in [3.63, 3.8) is 0 Å². The van der Waals surface area contributed by atoms with E-state index >= 15 is 0 Å². The molecule has 0 fully saturated rings. The predicted octanol–water partition coefficient (Wildman–Crippen LogP) is 5.12. The number of nitro groups is 1. The lowest BCUT2D eigenvalue weighted by Gasteiger charge is -2.13. The summed E-state index contributed by atoms with van der Waals surface area (Å²) in [4.78, 5) is 28.2. The van der Waals surface area contributed by atoms with E-state index in [1.54, 1.807) is 18.2 Å². The molecule has 0 aliphatic heterocycles. The van der Waals surface area contributed by atoms with Crippen LogP contribution in [0.1, 0.15) is 37.6 Å². The van der Waals surface area contributed by atoms with E-state index in [4.69, 9.17) is 11.6 Å². The monoisotopic (exact) mass is 462 g/mol. The fourth-order valence-electron chi connectivity index (χ4n) is 2.65. The molecule has 0 amide bonds. The lowest BCUT2D eigenvalue weighted by Crippen LogP contribution is -2.23. The first-order chi connectivity index (χ1) is 13.3. The maximum absolute atomic E-state index is 13.0. The van der Waals surface area contributed by atoms with Crippen molar-refractivity contribution in [2.24, 2.45) is 5.10 Å². The maximum Gasteiger partial charge on any atom is 0.288 e. The topological polar surface area (TPSA) is 90.4 Å². The SMILES string of the molecule is CC[C@H](C)c1nc2ccc(Br)cc2c(=O)n1N=Cc1ccc(Cl)c([N+](=O)[O-])c1. The van der Waals surface area contributed by atoms with Crippen molar-refractivity contribution in [1.82, 2.24) is 9.66 Å². The lowest BCUT2D eigenvalue weighted by molar-refractivity contribution is -0.384. The van der Waals surface area contributed by atoms with Gasteiger partial charge in [0.1, 0.15) is 10.8 Å². The zero-order chi connectivity index (χ0) is 20.4. The first kappa shape index (κ1) is 20.2. The van der Waals surface area contributed by atoms with Crippen LogP contribution < -0.4 is 5.56 Å². The van der Waals surface area contributed by atoms with Gasteiger partial charge in [0.15, 0.2) is 0 Å². The molecule has 0 N–H and O–H groups in total. The number of hydrogen-bond donors (Lipinski definition) is 0. The van der Waals surface area contributed by atoms with Crippen LogP contribution in [0.15, 0.2) is 50.8 Å². The second kappa shape index (κ2) is 8.20. The third-order valence-corrected chi connectivity index (χ3v) is 5.19. The molecule has 0 saturated heterocycles. The van der Waals surface area contributed by atoms with Gasteiger partial charge in [-0.25, -0.2) is 4.98 Å². The highest BCUT2D eigenvalue weighted by Gasteiger charge is 2.16. The van der Waals surface area contributed by atoms with Crippen molar-refractivity contribution in [3.8, 4) is 0 Å². The van der Waals surface area contributed by atoms with E-state index in [0.29, 0.717) is 22.3 Å². The van der Waals surface area contributed by atoms with Crippen LogP contribution in [0.25, 0.3) is 10.9 Å². The Labute approximate surface area is 173 Å². The lowest BCUT2D eigenvalue weighted by atomic mass is 10.1. The minimum atomic E-state index is -0.564.